The lowest BCUT2D eigenvalue weighted by molar-refractivity contribution is 0.194. The molecule has 112 valence electrons. The highest BCUT2D eigenvalue weighted by atomic mass is 19.1. The van der Waals surface area contributed by atoms with Crippen LogP contribution in [0.25, 0.3) is 0 Å². The van der Waals surface area contributed by atoms with Gasteiger partial charge in [0, 0.05) is 18.1 Å². The Bertz CT molecular complexity index is 579. The Morgan fingerprint density at radius 1 is 1.10 bits per heavy atom. The Hall–Kier alpha value is -2.07. The highest BCUT2D eigenvalue weighted by molar-refractivity contribution is 5.30. The molecule has 4 heteroatoms. The third-order valence-electron chi connectivity index (χ3n) is 3.24. The number of aliphatic hydroxyl groups excluding tert-OH is 1. The number of halogens is 1. The Labute approximate surface area is 124 Å². The molecule has 0 unspecified atom stereocenters. The van der Waals surface area contributed by atoms with E-state index in [1.165, 1.54) is 13.0 Å². The minimum Gasteiger partial charge on any atom is -0.497 e. The Morgan fingerprint density at radius 3 is 2.33 bits per heavy atom. The average Bonchev–Trinajstić information content (AvgIpc) is 2.47. The molecule has 0 aliphatic rings. The van der Waals surface area contributed by atoms with Crippen LogP contribution in [0.15, 0.2) is 42.5 Å². The molecule has 0 heterocycles. The molecule has 21 heavy (non-hydrogen) atoms. The molecular formula is C17H19FO3. The van der Waals surface area contributed by atoms with Crippen molar-refractivity contribution in [3.8, 4) is 11.5 Å². The Morgan fingerprint density at radius 2 is 1.76 bits per heavy atom. The largest absolute Gasteiger partial charge is 0.497 e. The van der Waals surface area contributed by atoms with Gasteiger partial charge >= 0.3 is 0 Å². The van der Waals surface area contributed by atoms with Crippen LogP contribution in [0.4, 0.5) is 4.39 Å². The Balaban J connectivity index is 1.89. The van der Waals surface area contributed by atoms with E-state index in [9.17, 15) is 9.50 Å². The third-order valence-corrected chi connectivity index (χ3v) is 3.24. The monoisotopic (exact) mass is 290 g/mol. The molecule has 0 aliphatic carbocycles. The summed E-state index contributed by atoms with van der Waals surface area (Å²) in [6, 6.07) is 12.2. The number of rotatable bonds is 6. The fraction of sp³-hybridized carbons (Fsp3) is 0.294. The number of methoxy groups -OCH3 is 1. The SMILES string of the molecule is COc1ccc(CCOc2ccc([C@H](C)O)c(F)c2)cc1. The number of hydrogen-bond acceptors (Lipinski definition) is 3. The van der Waals surface area contributed by atoms with Gasteiger partial charge in [0.15, 0.2) is 0 Å². The van der Waals surface area contributed by atoms with Gasteiger partial charge in [0.05, 0.1) is 19.8 Å². The van der Waals surface area contributed by atoms with Gasteiger partial charge < -0.3 is 14.6 Å². The summed E-state index contributed by atoms with van der Waals surface area (Å²) in [5.74, 6) is 0.827. The zero-order chi connectivity index (χ0) is 15.2. The van der Waals surface area contributed by atoms with E-state index in [1.807, 2.05) is 24.3 Å². The Kier molecular flexibility index (Phi) is 5.17. The highest BCUT2D eigenvalue weighted by Crippen LogP contribution is 2.22. The summed E-state index contributed by atoms with van der Waals surface area (Å²) in [4.78, 5) is 0. The first kappa shape index (κ1) is 15.3. The minimum absolute atomic E-state index is 0.275. The molecule has 2 rings (SSSR count). The summed E-state index contributed by atoms with van der Waals surface area (Å²) >= 11 is 0. The maximum Gasteiger partial charge on any atom is 0.132 e. The first-order valence-corrected chi connectivity index (χ1v) is 6.83. The van der Waals surface area contributed by atoms with Crippen LogP contribution >= 0.6 is 0 Å². The van der Waals surface area contributed by atoms with Crippen molar-refractivity contribution in [3.63, 3.8) is 0 Å². The summed E-state index contributed by atoms with van der Waals surface area (Å²) in [7, 11) is 1.63. The molecule has 0 spiro atoms. The van der Waals surface area contributed by atoms with E-state index in [-0.39, 0.29) is 5.56 Å². The normalized spacial score (nSPS) is 12.0. The molecule has 0 saturated heterocycles. The van der Waals surface area contributed by atoms with E-state index >= 15 is 0 Å². The van der Waals surface area contributed by atoms with Crippen molar-refractivity contribution in [1.29, 1.82) is 0 Å². The summed E-state index contributed by atoms with van der Waals surface area (Å²) in [5.41, 5.74) is 1.40. The summed E-state index contributed by atoms with van der Waals surface area (Å²) < 4.78 is 24.3. The first-order chi connectivity index (χ1) is 10.1. The van der Waals surface area contributed by atoms with Gasteiger partial charge in [-0.2, -0.15) is 0 Å². The van der Waals surface area contributed by atoms with Crippen LogP contribution in [-0.2, 0) is 6.42 Å². The predicted octanol–water partition coefficient (Wildman–Crippen LogP) is 3.51. The van der Waals surface area contributed by atoms with Crippen LogP contribution in [0.3, 0.4) is 0 Å². The molecule has 2 aromatic carbocycles. The van der Waals surface area contributed by atoms with Crippen LogP contribution < -0.4 is 9.47 Å². The van der Waals surface area contributed by atoms with Crippen molar-refractivity contribution >= 4 is 0 Å². The van der Waals surface area contributed by atoms with Crippen LogP contribution in [0.1, 0.15) is 24.2 Å². The lowest BCUT2D eigenvalue weighted by atomic mass is 10.1. The van der Waals surface area contributed by atoms with E-state index in [0.717, 1.165) is 17.7 Å². The molecule has 1 atom stereocenters. The fourth-order valence-electron chi connectivity index (χ4n) is 2.02. The van der Waals surface area contributed by atoms with Gasteiger partial charge in [-0.05, 0) is 36.8 Å². The third kappa shape index (κ3) is 4.20. The van der Waals surface area contributed by atoms with Crippen LogP contribution in [-0.4, -0.2) is 18.8 Å². The van der Waals surface area contributed by atoms with Gasteiger partial charge in [0.25, 0.3) is 0 Å². The van der Waals surface area contributed by atoms with E-state index in [4.69, 9.17) is 9.47 Å². The number of aliphatic hydroxyl groups is 1. The molecular weight excluding hydrogens is 271 g/mol. The quantitative estimate of drug-likeness (QED) is 0.885. The van der Waals surface area contributed by atoms with Gasteiger partial charge in [0.2, 0.25) is 0 Å². The average molecular weight is 290 g/mol. The standard InChI is InChI=1S/C17H19FO3/c1-12(19)16-8-7-15(11-17(16)18)21-10-9-13-3-5-14(20-2)6-4-13/h3-8,11-12,19H,9-10H2,1-2H3/t12-/m0/s1. The van der Waals surface area contributed by atoms with Crippen molar-refractivity contribution in [2.45, 2.75) is 19.4 Å². The van der Waals surface area contributed by atoms with Crippen molar-refractivity contribution in [2.24, 2.45) is 0 Å². The van der Waals surface area contributed by atoms with E-state index in [0.29, 0.717) is 12.4 Å². The van der Waals surface area contributed by atoms with Gasteiger partial charge in [-0.25, -0.2) is 4.39 Å². The zero-order valence-electron chi connectivity index (χ0n) is 12.2. The summed E-state index contributed by atoms with van der Waals surface area (Å²) in [5, 5.41) is 9.37. The van der Waals surface area contributed by atoms with E-state index < -0.39 is 11.9 Å². The summed E-state index contributed by atoms with van der Waals surface area (Å²) in [6.45, 7) is 1.99. The van der Waals surface area contributed by atoms with Crippen molar-refractivity contribution in [1.82, 2.24) is 0 Å². The number of hydrogen-bond donors (Lipinski definition) is 1. The van der Waals surface area contributed by atoms with Crippen molar-refractivity contribution < 1.29 is 19.0 Å². The lowest BCUT2D eigenvalue weighted by Gasteiger charge is -2.10. The number of ether oxygens (including phenoxy) is 2. The van der Waals surface area contributed by atoms with E-state index in [1.54, 1.807) is 19.2 Å². The van der Waals surface area contributed by atoms with Crippen LogP contribution in [0.5, 0.6) is 11.5 Å². The predicted molar refractivity (Wildman–Crippen MR) is 79.2 cm³/mol. The maximum absolute atomic E-state index is 13.7. The molecule has 0 saturated carbocycles. The van der Waals surface area contributed by atoms with E-state index in [2.05, 4.69) is 0 Å². The van der Waals surface area contributed by atoms with Gasteiger partial charge in [-0.1, -0.05) is 12.1 Å². The summed E-state index contributed by atoms with van der Waals surface area (Å²) in [6.07, 6.45) is -0.0950. The second-order valence-electron chi connectivity index (χ2n) is 4.81. The molecule has 0 aromatic heterocycles. The second-order valence-corrected chi connectivity index (χ2v) is 4.81. The molecule has 1 N–H and O–H groups in total. The zero-order valence-corrected chi connectivity index (χ0v) is 12.2. The van der Waals surface area contributed by atoms with Gasteiger partial charge in [-0.15, -0.1) is 0 Å². The first-order valence-electron chi connectivity index (χ1n) is 6.83. The van der Waals surface area contributed by atoms with Crippen LogP contribution in [0, 0.1) is 5.82 Å². The molecule has 0 bridgehead atoms. The maximum atomic E-state index is 13.7. The molecule has 0 fully saturated rings. The smallest absolute Gasteiger partial charge is 0.132 e. The van der Waals surface area contributed by atoms with Crippen LogP contribution in [0.2, 0.25) is 0 Å². The fourth-order valence-corrected chi connectivity index (χ4v) is 2.02. The molecule has 0 radical (unpaired) electrons. The molecule has 2 aromatic rings. The molecule has 0 aliphatic heterocycles. The molecule has 0 amide bonds. The molecule has 3 nitrogen and oxygen atoms in total. The van der Waals surface area contributed by atoms with Crippen molar-refractivity contribution in [2.75, 3.05) is 13.7 Å². The van der Waals surface area contributed by atoms with Gasteiger partial charge in [0.1, 0.15) is 17.3 Å². The number of benzene rings is 2. The highest BCUT2D eigenvalue weighted by Gasteiger charge is 2.09. The minimum atomic E-state index is -0.821. The second kappa shape index (κ2) is 7.09. The lowest BCUT2D eigenvalue weighted by Crippen LogP contribution is -2.03. The van der Waals surface area contributed by atoms with Crippen molar-refractivity contribution in [3.05, 3.63) is 59.4 Å². The van der Waals surface area contributed by atoms with Gasteiger partial charge in [-0.3, -0.25) is 0 Å². The topological polar surface area (TPSA) is 38.7 Å².